The normalized spacial score (nSPS) is 1.12. The van der Waals surface area contributed by atoms with Crippen molar-refractivity contribution >= 4 is 0 Å². The second-order valence-electron chi connectivity index (χ2n) is 0.141. The molecule has 0 bridgehead atoms. The summed E-state index contributed by atoms with van der Waals surface area (Å²) in [6.45, 7) is -0.750. The molecule has 0 aliphatic rings. The second kappa shape index (κ2) is 427. The molecule has 0 aromatic rings. The van der Waals surface area contributed by atoms with E-state index in [1.807, 2.05) is 0 Å². The molecule has 0 aromatic carbocycles. The molecular weight excluding hydrogens is 496 g/mol. The largest absolute Gasteiger partial charge is 0.412 e. The van der Waals surface area contributed by atoms with Crippen LogP contribution in [0.4, 0.5) is 0 Å². The van der Waals surface area contributed by atoms with Crippen LogP contribution >= 0.6 is 0 Å². The second-order valence-corrected chi connectivity index (χ2v) is 0.141. The minimum Gasteiger partial charge on any atom is -0.412 e. The number of hydrogen-bond donors (Lipinski definition) is 2. The summed E-state index contributed by atoms with van der Waals surface area (Å²) < 4.78 is 0. The summed E-state index contributed by atoms with van der Waals surface area (Å²) in [5.74, 6) is 0. The molecule has 0 spiro atoms. The third kappa shape index (κ3) is 735. The van der Waals surface area contributed by atoms with E-state index in [0.717, 1.165) is 0 Å². The maximum absolute atomic E-state index is 7.12. The van der Waals surface area contributed by atoms with Crippen LogP contribution in [0, 0.1) is 83.5 Å². The number of aliphatic hydroxyl groups is 2. The van der Waals surface area contributed by atoms with Gasteiger partial charge in [0.15, 0.2) is 0 Å². The first-order valence-corrected chi connectivity index (χ1v) is 0.632. The van der Waals surface area contributed by atoms with Crippen molar-refractivity contribution in [1.82, 2.24) is 0 Å². The van der Waals surface area contributed by atoms with Crippen LogP contribution in [0.2, 0.25) is 0 Å². The topological polar surface area (TPSA) is 355 Å². The van der Waals surface area contributed by atoms with Crippen LogP contribution in [0.5, 0.6) is 0 Å². The van der Waals surface area contributed by atoms with Gasteiger partial charge in [-0.05, 0) is 0 Å². The Balaban J connectivity index is -0.000000000256. The molecule has 0 radical (unpaired) electrons. The summed E-state index contributed by atoms with van der Waals surface area (Å²) in [5.41, 5.74) is 0. The number of hydrogen-bond acceptors (Lipinski definition) is 2. The Morgan fingerprint density at radius 1 is 0.438 bits per heavy atom. The van der Waals surface area contributed by atoms with E-state index in [1.165, 1.54) is 0 Å². The summed E-state index contributed by atoms with van der Waals surface area (Å²) in [6, 6.07) is 0. The summed E-state index contributed by atoms with van der Waals surface area (Å²) in [5, 5.41) is 14.2. The summed E-state index contributed by atoms with van der Waals surface area (Å²) in [7, 11) is 0. The van der Waals surface area contributed by atoms with E-state index >= 15 is 0 Å². The van der Waals surface area contributed by atoms with Crippen molar-refractivity contribution in [2.45, 2.75) is 7.43 Å². The standard InChI is InChI=1S/CH4O2.CH4.2Ce.10H2O/c2-1-3;;;;;;;;;;;;;/h2-3H,1H2;1H4;;;10*1H2. The van der Waals surface area contributed by atoms with Crippen LogP contribution in [-0.2, 0) is 0 Å². The first kappa shape index (κ1) is 299. The van der Waals surface area contributed by atoms with Crippen molar-refractivity contribution in [2.75, 3.05) is 6.79 Å². The zero-order chi connectivity index (χ0) is 2.71. The Kier molecular flexibility index (Phi) is 7970. The SMILES string of the molecule is C.O.O.O.O.O.O.O.O.O.O.OCO.[Ce].[Ce]. The molecule has 14 heteroatoms. The van der Waals surface area contributed by atoms with Gasteiger partial charge in [0.1, 0.15) is 6.79 Å². The maximum Gasteiger partial charge on any atom is 0.140 e. The fourth-order valence-corrected chi connectivity index (χ4v) is 0. The van der Waals surface area contributed by atoms with Crippen LogP contribution in [0.15, 0.2) is 0 Å². The van der Waals surface area contributed by atoms with Crippen LogP contribution in [0.3, 0.4) is 0 Å². The molecule has 22 N–H and O–H groups in total. The molecule has 0 heterocycles. The average Bonchev–Trinajstić information content (AvgIpc) is 0.918. The van der Waals surface area contributed by atoms with E-state index in [-0.39, 0.29) is 146 Å². The Bertz CT molecular complexity index is 17.0. The molecule has 0 saturated carbocycles. The van der Waals surface area contributed by atoms with E-state index in [2.05, 4.69) is 0 Å². The molecule has 0 aliphatic carbocycles. The van der Waals surface area contributed by atoms with Gasteiger partial charge in [0.2, 0.25) is 0 Å². The van der Waals surface area contributed by atoms with Gasteiger partial charge in [-0.2, -0.15) is 0 Å². The molecule has 12 nitrogen and oxygen atoms in total. The predicted molar refractivity (Wildman–Crippen MR) is 52.2 cm³/mol. The molecule has 0 rings (SSSR count). The number of aliphatic hydroxyl groups excluding tert-OH is 1. The zero-order valence-corrected chi connectivity index (χ0v) is 13.9. The maximum atomic E-state index is 7.12. The van der Waals surface area contributed by atoms with Gasteiger partial charge in [0.25, 0.3) is 0 Å². The van der Waals surface area contributed by atoms with Crippen molar-refractivity contribution in [3.63, 3.8) is 0 Å². The fourth-order valence-electron chi connectivity index (χ4n) is 0. The predicted octanol–water partition coefficient (Wildman–Crippen LogP) is -8.68. The van der Waals surface area contributed by atoms with Crippen LogP contribution < -0.4 is 0 Å². The van der Waals surface area contributed by atoms with Gasteiger partial charge in [-0.1, -0.05) is 7.43 Å². The van der Waals surface area contributed by atoms with Crippen LogP contribution in [0.25, 0.3) is 0 Å². The number of rotatable bonds is 0. The molecule has 116 valence electrons. The molecule has 0 saturated heterocycles. The van der Waals surface area contributed by atoms with Gasteiger partial charge in [0, 0.05) is 83.5 Å². The van der Waals surface area contributed by atoms with E-state index < -0.39 is 6.79 Å². The monoisotopic (exact) mass is 524 g/mol. The summed E-state index contributed by atoms with van der Waals surface area (Å²) >= 11 is 0. The fraction of sp³-hybridized carbons (Fsp3) is 1.00. The Hall–Kier alpha value is 2.27. The van der Waals surface area contributed by atoms with E-state index in [0.29, 0.717) is 0 Å². The third-order valence-electron chi connectivity index (χ3n) is 0. The molecule has 0 amide bonds. The Morgan fingerprint density at radius 3 is 0.438 bits per heavy atom. The summed E-state index contributed by atoms with van der Waals surface area (Å²) in [4.78, 5) is 0. The van der Waals surface area contributed by atoms with E-state index in [4.69, 9.17) is 10.2 Å². The quantitative estimate of drug-likeness (QED) is 0.291. The third-order valence-corrected chi connectivity index (χ3v) is 0. The van der Waals surface area contributed by atoms with Crippen molar-refractivity contribution in [2.24, 2.45) is 0 Å². The van der Waals surface area contributed by atoms with Gasteiger partial charge in [0.05, 0.1) is 0 Å². The van der Waals surface area contributed by atoms with E-state index in [9.17, 15) is 0 Å². The molecule has 0 aliphatic heterocycles. The molecule has 0 aromatic heterocycles. The zero-order valence-electron chi connectivity index (χ0n) is 7.60. The minimum atomic E-state index is -0.750. The van der Waals surface area contributed by atoms with Crippen LogP contribution in [-0.4, -0.2) is 71.8 Å². The first-order chi connectivity index (χ1) is 1.41. The van der Waals surface area contributed by atoms with Crippen molar-refractivity contribution < 1.29 is 148 Å². The van der Waals surface area contributed by atoms with Gasteiger partial charge < -0.3 is 65.0 Å². The smallest absolute Gasteiger partial charge is 0.140 e. The van der Waals surface area contributed by atoms with E-state index in [1.54, 1.807) is 0 Å². The van der Waals surface area contributed by atoms with Gasteiger partial charge in [-0.15, -0.1) is 0 Å². The first-order valence-electron chi connectivity index (χ1n) is 0.632. The van der Waals surface area contributed by atoms with Crippen molar-refractivity contribution in [1.29, 1.82) is 0 Å². The molecule has 0 fully saturated rings. The minimum absolute atomic E-state index is 0. The molecular formula is C2H28Ce2O12. The summed E-state index contributed by atoms with van der Waals surface area (Å²) in [6.07, 6.45) is 0. The Labute approximate surface area is 160 Å². The van der Waals surface area contributed by atoms with Gasteiger partial charge in [-0.25, -0.2) is 0 Å². The molecule has 16 heavy (non-hydrogen) atoms. The average molecular weight is 524 g/mol. The van der Waals surface area contributed by atoms with Crippen LogP contribution in [0.1, 0.15) is 7.43 Å². The van der Waals surface area contributed by atoms with Gasteiger partial charge >= 0.3 is 0 Å². The van der Waals surface area contributed by atoms with Gasteiger partial charge in [-0.3, -0.25) is 0 Å². The Morgan fingerprint density at radius 2 is 0.438 bits per heavy atom. The molecule has 0 atom stereocenters. The van der Waals surface area contributed by atoms with Crippen molar-refractivity contribution in [3.05, 3.63) is 0 Å². The molecule has 0 unspecified atom stereocenters. The van der Waals surface area contributed by atoms with Crippen molar-refractivity contribution in [3.8, 4) is 0 Å².